The third kappa shape index (κ3) is 5.74. The van der Waals surface area contributed by atoms with Gasteiger partial charge in [-0.05, 0) is 43.0 Å². The van der Waals surface area contributed by atoms with Gasteiger partial charge < -0.3 is 15.4 Å². The molecule has 1 aliphatic heterocycles. The minimum Gasteiger partial charge on any atom is -0.379 e. The average molecular weight is 436 g/mol. The van der Waals surface area contributed by atoms with Crippen LogP contribution < -0.4 is 10.6 Å². The molecule has 3 rings (SSSR count). The molecule has 2 amide bonds. The van der Waals surface area contributed by atoms with Crippen LogP contribution >= 0.6 is 11.6 Å². The number of carbonyl (C=O) groups is 2. The lowest BCUT2D eigenvalue weighted by Gasteiger charge is -2.48. The van der Waals surface area contributed by atoms with E-state index in [1.165, 1.54) is 19.3 Å². The van der Waals surface area contributed by atoms with Crippen molar-refractivity contribution in [1.82, 2.24) is 15.5 Å². The van der Waals surface area contributed by atoms with Gasteiger partial charge in [0.1, 0.15) is 6.04 Å². The monoisotopic (exact) mass is 435 g/mol. The Morgan fingerprint density at radius 2 is 1.73 bits per heavy atom. The predicted molar refractivity (Wildman–Crippen MR) is 119 cm³/mol. The molecule has 2 N–H and O–H groups in total. The van der Waals surface area contributed by atoms with Crippen LogP contribution in [0.3, 0.4) is 0 Å². The number of morpholine rings is 1. The summed E-state index contributed by atoms with van der Waals surface area (Å²) < 4.78 is 5.54. The van der Waals surface area contributed by atoms with Crippen molar-refractivity contribution in [3.05, 3.63) is 34.9 Å². The van der Waals surface area contributed by atoms with E-state index in [1.807, 2.05) is 13.8 Å². The summed E-state index contributed by atoms with van der Waals surface area (Å²) in [6.07, 6.45) is 5.82. The third-order valence-corrected chi connectivity index (χ3v) is 6.65. The summed E-state index contributed by atoms with van der Waals surface area (Å²) in [7, 11) is 0. The largest absolute Gasteiger partial charge is 0.379 e. The fourth-order valence-corrected chi connectivity index (χ4v) is 4.70. The standard InChI is InChI=1S/C23H34ClN3O3/c1-17(2)20(26-21(28)18-6-8-19(24)9-7-18)22(29)25-16-23(10-4-3-5-11-23)27-12-14-30-15-13-27/h6-9,17,20H,3-5,10-16H2,1-2H3,(H,25,29)(H,26,28). The first kappa shape index (κ1) is 23.0. The molecule has 6 nitrogen and oxygen atoms in total. The zero-order valence-electron chi connectivity index (χ0n) is 18.1. The molecule has 0 bridgehead atoms. The Morgan fingerprint density at radius 3 is 2.33 bits per heavy atom. The van der Waals surface area contributed by atoms with Gasteiger partial charge in [0.15, 0.2) is 0 Å². The SMILES string of the molecule is CC(C)C(NC(=O)c1ccc(Cl)cc1)C(=O)NCC1(N2CCOCC2)CCCCC1. The Labute approximate surface area is 184 Å². The van der Waals surface area contributed by atoms with E-state index in [-0.39, 0.29) is 23.3 Å². The Morgan fingerprint density at radius 1 is 1.10 bits per heavy atom. The van der Waals surface area contributed by atoms with Gasteiger partial charge in [-0.1, -0.05) is 44.7 Å². The zero-order valence-corrected chi connectivity index (χ0v) is 18.8. The van der Waals surface area contributed by atoms with E-state index >= 15 is 0 Å². The van der Waals surface area contributed by atoms with Crippen LogP contribution in [0.5, 0.6) is 0 Å². The number of amides is 2. The van der Waals surface area contributed by atoms with Crippen molar-refractivity contribution < 1.29 is 14.3 Å². The van der Waals surface area contributed by atoms with E-state index < -0.39 is 6.04 Å². The first-order valence-corrected chi connectivity index (χ1v) is 11.5. The van der Waals surface area contributed by atoms with Gasteiger partial charge >= 0.3 is 0 Å². The van der Waals surface area contributed by atoms with Gasteiger partial charge in [0.25, 0.3) is 5.91 Å². The fraction of sp³-hybridized carbons (Fsp3) is 0.652. The molecule has 30 heavy (non-hydrogen) atoms. The number of hydrogen-bond acceptors (Lipinski definition) is 4. The van der Waals surface area contributed by atoms with Gasteiger partial charge in [0.2, 0.25) is 5.91 Å². The van der Waals surface area contributed by atoms with Crippen LogP contribution in [0.2, 0.25) is 5.02 Å². The average Bonchev–Trinajstić information content (AvgIpc) is 2.77. The van der Waals surface area contributed by atoms with Crippen molar-refractivity contribution >= 4 is 23.4 Å². The maximum Gasteiger partial charge on any atom is 0.251 e. The predicted octanol–water partition coefficient (Wildman–Crippen LogP) is 3.25. The molecule has 1 atom stereocenters. The molecule has 1 aromatic carbocycles. The molecule has 1 aromatic rings. The highest BCUT2D eigenvalue weighted by Crippen LogP contribution is 2.34. The molecule has 1 heterocycles. The number of nitrogens with one attached hydrogen (secondary N) is 2. The molecule has 1 saturated heterocycles. The summed E-state index contributed by atoms with van der Waals surface area (Å²) >= 11 is 5.91. The van der Waals surface area contributed by atoms with Crippen molar-refractivity contribution in [2.24, 2.45) is 5.92 Å². The van der Waals surface area contributed by atoms with Crippen LogP contribution in [-0.4, -0.2) is 61.1 Å². The molecule has 1 unspecified atom stereocenters. The number of halogens is 1. The molecule has 166 valence electrons. The minimum absolute atomic E-state index is 0.000588. The molecular formula is C23H34ClN3O3. The normalized spacial score (nSPS) is 20.5. The molecule has 1 aliphatic carbocycles. The van der Waals surface area contributed by atoms with Gasteiger partial charge in [0, 0.05) is 35.8 Å². The second-order valence-electron chi connectivity index (χ2n) is 8.80. The lowest BCUT2D eigenvalue weighted by atomic mass is 9.79. The highest BCUT2D eigenvalue weighted by molar-refractivity contribution is 6.30. The van der Waals surface area contributed by atoms with Crippen LogP contribution in [0, 0.1) is 5.92 Å². The molecule has 0 spiro atoms. The number of nitrogens with zero attached hydrogens (tertiary/aromatic N) is 1. The lowest BCUT2D eigenvalue weighted by molar-refractivity contribution is -0.125. The summed E-state index contributed by atoms with van der Waals surface area (Å²) in [4.78, 5) is 28.2. The Hall–Kier alpha value is -1.63. The van der Waals surface area contributed by atoms with Crippen molar-refractivity contribution in [3.63, 3.8) is 0 Å². The maximum atomic E-state index is 13.1. The first-order valence-electron chi connectivity index (χ1n) is 11.1. The number of ether oxygens (including phenoxy) is 1. The summed E-state index contributed by atoms with van der Waals surface area (Å²) in [5.74, 6) is -0.404. The lowest BCUT2D eigenvalue weighted by Crippen LogP contribution is -2.61. The van der Waals surface area contributed by atoms with Crippen LogP contribution in [0.25, 0.3) is 0 Å². The van der Waals surface area contributed by atoms with Crippen molar-refractivity contribution in [1.29, 1.82) is 0 Å². The topological polar surface area (TPSA) is 70.7 Å². The minimum atomic E-state index is -0.585. The van der Waals surface area contributed by atoms with Crippen LogP contribution in [0.4, 0.5) is 0 Å². The summed E-state index contributed by atoms with van der Waals surface area (Å²) in [6.45, 7) is 7.85. The van der Waals surface area contributed by atoms with Crippen LogP contribution in [0.1, 0.15) is 56.3 Å². The van der Waals surface area contributed by atoms with Crippen molar-refractivity contribution in [2.45, 2.75) is 57.5 Å². The molecule has 0 aromatic heterocycles. The summed E-state index contributed by atoms with van der Waals surface area (Å²) in [5, 5.41) is 6.66. The van der Waals surface area contributed by atoms with Gasteiger partial charge in [0.05, 0.1) is 13.2 Å². The van der Waals surface area contributed by atoms with Crippen molar-refractivity contribution in [2.75, 3.05) is 32.8 Å². The number of carbonyl (C=O) groups excluding carboxylic acids is 2. The molecule has 2 aliphatic rings. The van der Waals surface area contributed by atoms with Gasteiger partial charge in [-0.25, -0.2) is 0 Å². The first-order chi connectivity index (χ1) is 14.4. The second-order valence-corrected chi connectivity index (χ2v) is 9.24. The number of benzene rings is 1. The quantitative estimate of drug-likeness (QED) is 0.689. The summed E-state index contributed by atoms with van der Waals surface area (Å²) in [6, 6.07) is 6.11. The van der Waals surface area contributed by atoms with E-state index in [2.05, 4.69) is 15.5 Å². The highest BCUT2D eigenvalue weighted by Gasteiger charge is 2.39. The highest BCUT2D eigenvalue weighted by atomic mass is 35.5. The van der Waals surface area contributed by atoms with E-state index in [4.69, 9.17) is 16.3 Å². The molecular weight excluding hydrogens is 402 g/mol. The molecule has 1 saturated carbocycles. The second kappa shape index (κ2) is 10.6. The molecule has 2 fully saturated rings. The number of hydrogen-bond donors (Lipinski definition) is 2. The van der Waals surface area contributed by atoms with Gasteiger partial charge in [-0.2, -0.15) is 0 Å². The van der Waals surface area contributed by atoms with Crippen molar-refractivity contribution in [3.8, 4) is 0 Å². The zero-order chi connectivity index (χ0) is 21.6. The molecule has 0 radical (unpaired) electrons. The maximum absolute atomic E-state index is 13.1. The van der Waals surface area contributed by atoms with E-state index in [0.29, 0.717) is 17.1 Å². The Kier molecular flexibility index (Phi) is 8.14. The fourth-order valence-electron chi connectivity index (χ4n) is 4.57. The van der Waals surface area contributed by atoms with Gasteiger partial charge in [-0.15, -0.1) is 0 Å². The van der Waals surface area contributed by atoms with E-state index in [9.17, 15) is 9.59 Å². The number of rotatable bonds is 7. The van der Waals surface area contributed by atoms with Gasteiger partial charge in [-0.3, -0.25) is 14.5 Å². The third-order valence-electron chi connectivity index (χ3n) is 6.40. The van der Waals surface area contributed by atoms with E-state index in [0.717, 1.165) is 39.1 Å². The molecule has 7 heteroatoms. The Balaban J connectivity index is 1.64. The van der Waals surface area contributed by atoms with Crippen LogP contribution in [0.15, 0.2) is 24.3 Å². The Bertz CT molecular complexity index is 711. The van der Waals surface area contributed by atoms with Crippen LogP contribution in [-0.2, 0) is 9.53 Å². The summed E-state index contributed by atoms with van der Waals surface area (Å²) in [5.41, 5.74) is 0.495. The van der Waals surface area contributed by atoms with E-state index in [1.54, 1.807) is 24.3 Å². The smallest absolute Gasteiger partial charge is 0.251 e.